The summed E-state index contributed by atoms with van der Waals surface area (Å²) in [4.78, 5) is 2.56. The van der Waals surface area contributed by atoms with Gasteiger partial charge in [0.25, 0.3) is 0 Å². The number of hydrogen-bond donors (Lipinski definition) is 1. The van der Waals surface area contributed by atoms with Crippen LogP contribution in [0.4, 0.5) is 0 Å². The van der Waals surface area contributed by atoms with Crippen LogP contribution in [-0.2, 0) is 29.4 Å². The number of nitrogens with one attached hydrogen (secondary N) is 1. The lowest BCUT2D eigenvalue weighted by atomic mass is 9.85. The topological polar surface area (TPSA) is 49.4 Å². The summed E-state index contributed by atoms with van der Waals surface area (Å²) in [5, 5.41) is 0.786. The molecule has 2 fully saturated rings. The van der Waals surface area contributed by atoms with Gasteiger partial charge >= 0.3 is 0 Å². The average Bonchev–Trinajstić information content (AvgIpc) is 3.44. The summed E-state index contributed by atoms with van der Waals surface area (Å²) in [6.07, 6.45) is 5.48. The normalized spacial score (nSPS) is 23.5. The summed E-state index contributed by atoms with van der Waals surface area (Å²) in [7, 11) is -3.19. The van der Waals surface area contributed by atoms with Crippen molar-refractivity contribution in [2.45, 2.75) is 44.6 Å². The van der Waals surface area contributed by atoms with E-state index in [9.17, 15) is 8.42 Å². The number of hydrogen-bond acceptors (Lipinski definition) is 3. The van der Waals surface area contributed by atoms with Crippen molar-refractivity contribution in [2.75, 3.05) is 25.4 Å². The molecule has 1 saturated carbocycles. The van der Waals surface area contributed by atoms with Gasteiger partial charge in [0.2, 0.25) is 10.0 Å². The Balaban J connectivity index is 1.35. The fourth-order valence-corrected chi connectivity index (χ4v) is 6.76. The quantitative estimate of drug-likeness (QED) is 0.606. The Morgan fingerprint density at radius 1 is 1.06 bits per heavy atom. The molecule has 1 aliphatic heterocycles. The first kappa shape index (κ1) is 21.4. The summed E-state index contributed by atoms with van der Waals surface area (Å²) in [6.45, 7) is 3.95. The number of rotatable bonds is 9. The molecular formula is C25H31ClN2O2S. The van der Waals surface area contributed by atoms with Crippen molar-refractivity contribution in [3.05, 3.63) is 69.7 Å². The van der Waals surface area contributed by atoms with E-state index in [1.807, 2.05) is 12.1 Å². The standard InChI is InChI=1S/C25H31ClN2O2S/c26-23-4-1-3-19(11-23)12-25-22(16-28-9-2-10-28)14-21-8-7-20(13-24(21)25)15-27-31(29,30)17-18-5-6-18/h1,3-4,7-8,11,13,18,22,25,27H,2,5-6,9-10,12,14-17H2. The molecule has 0 amide bonds. The van der Waals surface area contributed by atoms with Gasteiger partial charge in [0, 0.05) is 18.1 Å². The van der Waals surface area contributed by atoms with Crippen LogP contribution in [0, 0.1) is 11.8 Å². The smallest absolute Gasteiger partial charge is 0.212 e. The highest BCUT2D eigenvalue weighted by Gasteiger charge is 2.35. The highest BCUT2D eigenvalue weighted by Crippen LogP contribution is 2.42. The second-order valence-electron chi connectivity index (χ2n) is 9.64. The lowest BCUT2D eigenvalue weighted by Gasteiger charge is -2.35. The summed E-state index contributed by atoms with van der Waals surface area (Å²) >= 11 is 6.26. The molecule has 2 aromatic carbocycles. The van der Waals surface area contributed by atoms with Gasteiger partial charge < -0.3 is 4.90 Å². The Morgan fingerprint density at radius 3 is 2.61 bits per heavy atom. The lowest BCUT2D eigenvalue weighted by molar-refractivity contribution is 0.145. The molecule has 2 aromatic rings. The molecule has 1 N–H and O–H groups in total. The van der Waals surface area contributed by atoms with E-state index < -0.39 is 10.0 Å². The molecule has 0 bridgehead atoms. The van der Waals surface area contributed by atoms with Crippen LogP contribution in [0.15, 0.2) is 42.5 Å². The third kappa shape index (κ3) is 5.33. The van der Waals surface area contributed by atoms with Crippen LogP contribution in [0.1, 0.15) is 47.4 Å². The van der Waals surface area contributed by atoms with E-state index in [4.69, 9.17) is 11.6 Å². The molecule has 5 rings (SSSR count). The lowest BCUT2D eigenvalue weighted by Crippen LogP contribution is -2.41. The number of benzene rings is 2. The van der Waals surface area contributed by atoms with Crippen LogP contribution in [0.5, 0.6) is 0 Å². The van der Waals surface area contributed by atoms with Gasteiger partial charge in [-0.3, -0.25) is 0 Å². The molecule has 2 aliphatic carbocycles. The van der Waals surface area contributed by atoms with Gasteiger partial charge in [0.15, 0.2) is 0 Å². The Hall–Kier alpha value is -1.40. The molecular weight excluding hydrogens is 428 g/mol. The summed E-state index contributed by atoms with van der Waals surface area (Å²) in [6, 6.07) is 14.8. The Kier molecular flexibility index (Phi) is 6.13. The molecule has 0 spiro atoms. The summed E-state index contributed by atoms with van der Waals surface area (Å²) < 4.78 is 27.4. The van der Waals surface area contributed by atoms with E-state index in [0.717, 1.165) is 42.8 Å². The fourth-order valence-electron chi connectivity index (χ4n) is 5.09. The Bertz CT molecular complexity index is 1050. The third-order valence-electron chi connectivity index (χ3n) is 7.10. The van der Waals surface area contributed by atoms with Crippen LogP contribution in [0.25, 0.3) is 0 Å². The zero-order valence-electron chi connectivity index (χ0n) is 17.9. The average molecular weight is 459 g/mol. The molecule has 1 saturated heterocycles. The predicted octanol–water partition coefficient (Wildman–Crippen LogP) is 4.37. The van der Waals surface area contributed by atoms with Crippen molar-refractivity contribution in [3.8, 4) is 0 Å². The van der Waals surface area contributed by atoms with Crippen LogP contribution in [0.2, 0.25) is 5.02 Å². The predicted molar refractivity (Wildman–Crippen MR) is 126 cm³/mol. The van der Waals surface area contributed by atoms with Crippen molar-refractivity contribution in [1.82, 2.24) is 9.62 Å². The molecule has 2 unspecified atom stereocenters. The first-order valence-corrected chi connectivity index (χ1v) is 13.5. The second kappa shape index (κ2) is 8.86. The maximum absolute atomic E-state index is 12.3. The molecule has 2 atom stereocenters. The highest BCUT2D eigenvalue weighted by atomic mass is 35.5. The fraction of sp³-hybridized carbons (Fsp3) is 0.520. The van der Waals surface area contributed by atoms with Crippen LogP contribution in [-0.4, -0.2) is 38.7 Å². The SMILES string of the molecule is O=S(=O)(CC1CC1)NCc1ccc2c(c1)C(Cc1cccc(Cl)c1)C(CN1CCC1)C2. The second-order valence-corrected chi connectivity index (χ2v) is 11.9. The van der Waals surface area contributed by atoms with Gasteiger partial charge in [-0.2, -0.15) is 0 Å². The minimum atomic E-state index is -3.19. The van der Waals surface area contributed by atoms with Gasteiger partial charge in [-0.1, -0.05) is 41.9 Å². The molecule has 6 heteroatoms. The van der Waals surface area contributed by atoms with Crippen molar-refractivity contribution < 1.29 is 8.42 Å². The number of halogens is 1. The number of nitrogens with zero attached hydrogens (tertiary/aromatic N) is 1. The third-order valence-corrected chi connectivity index (χ3v) is 8.82. The van der Waals surface area contributed by atoms with Gasteiger partial charge in [0.1, 0.15) is 0 Å². The minimum absolute atomic E-state index is 0.271. The highest BCUT2D eigenvalue weighted by molar-refractivity contribution is 7.89. The van der Waals surface area contributed by atoms with Gasteiger partial charge in [-0.05, 0) is 97.3 Å². The number of fused-ring (bicyclic) bond motifs is 1. The molecule has 31 heavy (non-hydrogen) atoms. The minimum Gasteiger partial charge on any atom is -0.303 e. The monoisotopic (exact) mass is 458 g/mol. The van der Waals surface area contributed by atoms with E-state index in [-0.39, 0.29) is 5.75 Å². The van der Waals surface area contributed by atoms with Crippen molar-refractivity contribution in [1.29, 1.82) is 0 Å². The van der Waals surface area contributed by atoms with Crippen molar-refractivity contribution in [2.24, 2.45) is 11.8 Å². The molecule has 1 heterocycles. The zero-order valence-corrected chi connectivity index (χ0v) is 19.5. The Labute approximate surface area is 191 Å². The molecule has 4 nitrogen and oxygen atoms in total. The summed E-state index contributed by atoms with van der Waals surface area (Å²) in [5.74, 6) is 1.67. The van der Waals surface area contributed by atoms with Gasteiger partial charge in [0.05, 0.1) is 5.75 Å². The first-order valence-electron chi connectivity index (χ1n) is 11.5. The number of sulfonamides is 1. The van der Waals surface area contributed by atoms with Crippen molar-refractivity contribution >= 4 is 21.6 Å². The van der Waals surface area contributed by atoms with E-state index >= 15 is 0 Å². The maximum atomic E-state index is 12.3. The van der Waals surface area contributed by atoms with E-state index in [2.05, 4.69) is 40.0 Å². The molecule has 0 aromatic heterocycles. The van der Waals surface area contributed by atoms with Crippen LogP contribution in [0.3, 0.4) is 0 Å². The molecule has 166 valence electrons. The first-order chi connectivity index (χ1) is 14.9. The largest absolute Gasteiger partial charge is 0.303 e. The van der Waals surface area contributed by atoms with Crippen LogP contribution >= 0.6 is 11.6 Å². The molecule has 0 radical (unpaired) electrons. The zero-order chi connectivity index (χ0) is 21.4. The van der Waals surface area contributed by atoms with Crippen molar-refractivity contribution in [3.63, 3.8) is 0 Å². The van der Waals surface area contributed by atoms with E-state index in [0.29, 0.717) is 24.3 Å². The van der Waals surface area contributed by atoms with Gasteiger partial charge in [-0.15, -0.1) is 0 Å². The Morgan fingerprint density at radius 2 is 1.90 bits per heavy atom. The van der Waals surface area contributed by atoms with E-state index in [1.54, 1.807) is 0 Å². The maximum Gasteiger partial charge on any atom is 0.212 e. The van der Waals surface area contributed by atoms with E-state index in [1.165, 1.54) is 36.2 Å². The molecule has 3 aliphatic rings. The summed E-state index contributed by atoms with van der Waals surface area (Å²) in [5.41, 5.74) is 5.14. The van der Waals surface area contributed by atoms with Crippen LogP contribution < -0.4 is 4.72 Å². The number of likely N-dealkylation sites (tertiary alicyclic amines) is 1. The van der Waals surface area contributed by atoms with Gasteiger partial charge in [-0.25, -0.2) is 13.1 Å².